The number of nitrogens with zero attached hydrogens (tertiary/aromatic N) is 4. The van der Waals surface area contributed by atoms with E-state index in [9.17, 15) is 0 Å². The molecule has 8 aromatic carbocycles. The van der Waals surface area contributed by atoms with Gasteiger partial charge in [0.15, 0.2) is 5.82 Å². The molecule has 0 atom stereocenters. The largest absolute Gasteiger partial charge is 0.309 e. The summed E-state index contributed by atoms with van der Waals surface area (Å²) in [4.78, 5) is 15.8. The minimum atomic E-state index is 0.684. The van der Waals surface area contributed by atoms with Gasteiger partial charge in [0.1, 0.15) is 0 Å². The van der Waals surface area contributed by atoms with Crippen LogP contribution in [0.4, 0.5) is 0 Å². The fraction of sp³-hybridized carbons (Fsp3) is 0. The molecule has 0 N–H and O–H groups in total. The van der Waals surface area contributed by atoms with Gasteiger partial charge in [-0.25, -0.2) is 15.0 Å². The third kappa shape index (κ3) is 5.66. The predicted octanol–water partition coefficient (Wildman–Crippen LogP) is 13.6. The van der Waals surface area contributed by atoms with Gasteiger partial charge in [-0.1, -0.05) is 170 Å². The average Bonchev–Trinajstić information content (AvgIpc) is 3.64. The van der Waals surface area contributed by atoms with E-state index in [4.69, 9.17) is 15.0 Å². The van der Waals surface area contributed by atoms with Crippen LogP contribution in [0.5, 0.6) is 0 Å². The van der Waals surface area contributed by atoms with Crippen molar-refractivity contribution < 1.29 is 0 Å². The van der Waals surface area contributed by atoms with E-state index in [1.165, 1.54) is 27.3 Å². The van der Waals surface area contributed by atoms with E-state index in [0.29, 0.717) is 5.82 Å². The van der Waals surface area contributed by atoms with Crippen LogP contribution in [0.2, 0.25) is 0 Å². The summed E-state index contributed by atoms with van der Waals surface area (Å²) in [6.45, 7) is 0. The van der Waals surface area contributed by atoms with Crippen molar-refractivity contribution in [1.82, 2.24) is 19.5 Å². The molecule has 3 aromatic heterocycles. The molecule has 0 radical (unpaired) electrons. The van der Waals surface area contributed by atoms with E-state index in [-0.39, 0.29) is 0 Å². The summed E-state index contributed by atoms with van der Waals surface area (Å²) in [5.74, 6) is 0.684. The van der Waals surface area contributed by atoms with Crippen molar-refractivity contribution in [3.63, 3.8) is 0 Å². The van der Waals surface area contributed by atoms with E-state index < -0.39 is 0 Å². The fourth-order valence-electron chi connectivity index (χ4n) is 8.30. The molecular weight excluding hydrogens is 693 g/mol. The molecule has 0 unspecified atom stereocenters. The predicted molar refractivity (Wildman–Crippen MR) is 236 cm³/mol. The zero-order chi connectivity index (χ0) is 37.7. The molecule has 0 aliphatic heterocycles. The molecule has 0 amide bonds. The molecule has 266 valence electrons. The molecule has 0 saturated heterocycles. The first-order valence-electron chi connectivity index (χ1n) is 19.3. The number of hydrogen-bond acceptors (Lipinski definition) is 3. The molecule has 3 heterocycles. The lowest BCUT2D eigenvalue weighted by Crippen LogP contribution is -1.98. The van der Waals surface area contributed by atoms with Crippen LogP contribution in [0.3, 0.4) is 0 Å². The third-order valence-corrected chi connectivity index (χ3v) is 11.0. The topological polar surface area (TPSA) is 43.6 Å². The SMILES string of the molecule is c1ccc(-c2ccc(-c3cc(-c4cccc(-c5nc6ccccc6c6ccc7c8ccccc8n(-c8ccccc8)c7c56)c4)nc(-c4ccccc4)n3)cc2)cc1. The van der Waals surface area contributed by atoms with Gasteiger partial charge >= 0.3 is 0 Å². The van der Waals surface area contributed by atoms with Gasteiger partial charge < -0.3 is 4.57 Å². The highest BCUT2D eigenvalue weighted by molar-refractivity contribution is 6.25. The van der Waals surface area contributed by atoms with Crippen LogP contribution in [0.15, 0.2) is 206 Å². The number of rotatable bonds is 6. The van der Waals surface area contributed by atoms with E-state index in [0.717, 1.165) is 72.3 Å². The molecule has 0 bridgehead atoms. The highest BCUT2D eigenvalue weighted by Crippen LogP contribution is 2.43. The summed E-state index contributed by atoms with van der Waals surface area (Å²) in [7, 11) is 0. The molecule has 0 aliphatic carbocycles. The van der Waals surface area contributed by atoms with Crippen molar-refractivity contribution in [2.24, 2.45) is 0 Å². The zero-order valence-electron chi connectivity index (χ0n) is 30.9. The minimum Gasteiger partial charge on any atom is -0.309 e. The van der Waals surface area contributed by atoms with Gasteiger partial charge in [0.25, 0.3) is 0 Å². The normalized spacial score (nSPS) is 11.5. The van der Waals surface area contributed by atoms with Crippen molar-refractivity contribution in [3.05, 3.63) is 206 Å². The molecule has 0 aliphatic rings. The number of pyridine rings is 1. The van der Waals surface area contributed by atoms with Gasteiger partial charge in [-0.3, -0.25) is 0 Å². The molecule has 4 nitrogen and oxygen atoms in total. The highest BCUT2D eigenvalue weighted by Gasteiger charge is 2.21. The molecular formula is C53H34N4. The van der Waals surface area contributed by atoms with Gasteiger partial charge in [-0.2, -0.15) is 0 Å². The maximum atomic E-state index is 5.48. The summed E-state index contributed by atoms with van der Waals surface area (Å²) in [5, 5.41) is 5.83. The Hall–Kier alpha value is -7.69. The van der Waals surface area contributed by atoms with Crippen LogP contribution in [0, 0.1) is 0 Å². The quantitative estimate of drug-likeness (QED) is 0.160. The maximum absolute atomic E-state index is 5.48. The average molecular weight is 727 g/mol. The summed E-state index contributed by atoms with van der Waals surface area (Å²) in [6.07, 6.45) is 0. The molecule has 11 rings (SSSR count). The van der Waals surface area contributed by atoms with E-state index >= 15 is 0 Å². The molecule has 0 spiro atoms. The van der Waals surface area contributed by atoms with Crippen molar-refractivity contribution in [3.8, 4) is 62.0 Å². The van der Waals surface area contributed by atoms with Gasteiger partial charge in [-0.15, -0.1) is 0 Å². The Labute approximate surface area is 330 Å². The monoisotopic (exact) mass is 726 g/mol. The number of benzene rings is 8. The molecule has 0 fully saturated rings. The Morgan fingerprint density at radius 2 is 0.895 bits per heavy atom. The Kier molecular flexibility index (Phi) is 7.78. The van der Waals surface area contributed by atoms with Crippen LogP contribution >= 0.6 is 0 Å². The second-order valence-electron chi connectivity index (χ2n) is 14.4. The second-order valence-corrected chi connectivity index (χ2v) is 14.4. The first kappa shape index (κ1) is 32.7. The van der Waals surface area contributed by atoms with E-state index in [1.807, 2.05) is 24.3 Å². The van der Waals surface area contributed by atoms with Crippen molar-refractivity contribution >= 4 is 43.5 Å². The zero-order valence-corrected chi connectivity index (χ0v) is 30.9. The number of para-hydroxylation sites is 3. The Bertz CT molecular complexity index is 3260. The van der Waals surface area contributed by atoms with Gasteiger partial charge in [0, 0.05) is 49.5 Å². The highest BCUT2D eigenvalue weighted by atomic mass is 15.0. The second kappa shape index (κ2) is 13.6. The fourth-order valence-corrected chi connectivity index (χ4v) is 8.30. The smallest absolute Gasteiger partial charge is 0.160 e. The van der Waals surface area contributed by atoms with Crippen molar-refractivity contribution in [2.45, 2.75) is 0 Å². The lowest BCUT2D eigenvalue weighted by molar-refractivity contribution is 1.18. The number of hydrogen-bond donors (Lipinski definition) is 0. The van der Waals surface area contributed by atoms with E-state index in [1.54, 1.807) is 0 Å². The summed E-state index contributed by atoms with van der Waals surface area (Å²) in [6, 6.07) is 72.5. The molecule has 11 aromatic rings. The minimum absolute atomic E-state index is 0.684. The number of aromatic nitrogens is 4. The Balaban J connectivity index is 1.14. The lowest BCUT2D eigenvalue weighted by atomic mass is 9.96. The molecule has 0 saturated carbocycles. The van der Waals surface area contributed by atoms with Crippen LogP contribution in [-0.2, 0) is 0 Å². The van der Waals surface area contributed by atoms with Crippen molar-refractivity contribution in [1.29, 1.82) is 0 Å². The summed E-state index contributed by atoms with van der Waals surface area (Å²) < 4.78 is 2.41. The van der Waals surface area contributed by atoms with Gasteiger partial charge in [0.2, 0.25) is 0 Å². The van der Waals surface area contributed by atoms with Crippen LogP contribution in [-0.4, -0.2) is 19.5 Å². The summed E-state index contributed by atoms with van der Waals surface area (Å²) in [5.41, 5.74) is 13.4. The Morgan fingerprint density at radius 1 is 0.333 bits per heavy atom. The Morgan fingerprint density at radius 3 is 1.67 bits per heavy atom. The maximum Gasteiger partial charge on any atom is 0.160 e. The van der Waals surface area contributed by atoms with Gasteiger partial charge in [0.05, 0.1) is 33.6 Å². The summed E-state index contributed by atoms with van der Waals surface area (Å²) >= 11 is 0. The van der Waals surface area contributed by atoms with Crippen LogP contribution in [0.1, 0.15) is 0 Å². The lowest BCUT2D eigenvalue weighted by Gasteiger charge is -2.15. The third-order valence-electron chi connectivity index (χ3n) is 11.0. The van der Waals surface area contributed by atoms with Crippen LogP contribution in [0.25, 0.3) is 105 Å². The first-order valence-corrected chi connectivity index (χ1v) is 19.3. The molecule has 57 heavy (non-hydrogen) atoms. The number of fused-ring (bicyclic) bond motifs is 7. The molecule has 4 heteroatoms. The first-order chi connectivity index (χ1) is 28.3. The van der Waals surface area contributed by atoms with Gasteiger partial charge in [-0.05, 0) is 52.9 Å². The van der Waals surface area contributed by atoms with Crippen molar-refractivity contribution in [2.75, 3.05) is 0 Å². The van der Waals surface area contributed by atoms with Crippen LogP contribution < -0.4 is 0 Å². The standard InChI is InChI=1S/C53H34N4/c1-4-15-35(16-5-1)36-27-29-37(30-28-36)47-34-48(56-53(55-47)38-17-6-2-7-18-38)39-19-14-20-40(33-39)51-50-44(42-23-10-12-25-46(42)54-51)31-32-45-43-24-11-13-26-49(43)57(52(45)50)41-21-8-3-9-22-41/h1-34H. The van der Waals surface area contributed by atoms with E-state index in [2.05, 4.69) is 187 Å².